The molecule has 240 valence electrons. The number of aryl methyl sites for hydroxylation is 2. The van der Waals surface area contributed by atoms with Crippen LogP contribution in [-0.4, -0.2) is 48.3 Å². The monoisotopic (exact) mass is 637 g/mol. The molecule has 0 spiro atoms. The second kappa shape index (κ2) is 13.6. The Kier molecular flexibility index (Phi) is 11.0. The minimum Gasteiger partial charge on any atom is -0.444 e. The Hall–Kier alpha value is -2.64. The van der Waals surface area contributed by atoms with Crippen LogP contribution >= 0.6 is 11.8 Å². The van der Waals surface area contributed by atoms with Crippen molar-refractivity contribution in [1.82, 2.24) is 5.32 Å². The maximum atomic E-state index is 14.0. The number of alkyl carbamates (subject to hydrolysis) is 1. The summed E-state index contributed by atoms with van der Waals surface area (Å²) in [5, 5.41) is 2.82. The molecule has 0 bridgehead atoms. The van der Waals surface area contributed by atoms with Gasteiger partial charge in [-0.05, 0) is 101 Å². The van der Waals surface area contributed by atoms with Gasteiger partial charge in [0, 0.05) is 4.90 Å². The molecule has 0 radical (unpaired) electrons. The molecule has 0 atom stereocenters. The van der Waals surface area contributed by atoms with Crippen LogP contribution in [0.1, 0.15) is 64.2 Å². The quantitative estimate of drug-likeness (QED) is 0.161. The fourth-order valence-electron chi connectivity index (χ4n) is 4.29. The maximum absolute atomic E-state index is 14.0. The lowest BCUT2D eigenvalue weighted by atomic mass is 9.91. The van der Waals surface area contributed by atoms with E-state index in [-0.39, 0.29) is 36.7 Å². The van der Waals surface area contributed by atoms with Gasteiger partial charge in [0.2, 0.25) is 0 Å². The average Bonchev–Trinajstić information content (AvgIpc) is 2.86. The summed E-state index contributed by atoms with van der Waals surface area (Å²) in [6, 6.07) is 9.60. The Morgan fingerprint density at radius 1 is 0.930 bits per heavy atom. The summed E-state index contributed by atoms with van der Waals surface area (Å²) >= 11 is 1.06. The Morgan fingerprint density at radius 3 is 2.09 bits per heavy atom. The number of hydrogen-bond donors (Lipinski definition) is 1. The van der Waals surface area contributed by atoms with Crippen LogP contribution in [0.15, 0.2) is 47.4 Å². The van der Waals surface area contributed by atoms with Crippen molar-refractivity contribution in [3.8, 4) is 5.75 Å². The largest absolute Gasteiger partial charge is 0.573 e. The van der Waals surface area contributed by atoms with Gasteiger partial charge < -0.3 is 24.3 Å². The first kappa shape index (κ1) is 34.8. The summed E-state index contributed by atoms with van der Waals surface area (Å²) < 4.78 is 99.8. The van der Waals surface area contributed by atoms with E-state index in [1.807, 2.05) is 0 Å². The van der Waals surface area contributed by atoms with Gasteiger partial charge in [0.15, 0.2) is 5.79 Å². The molecular weight excluding hydrogens is 600 g/mol. The molecule has 1 fully saturated rings. The topological polar surface area (TPSA) is 66.0 Å². The van der Waals surface area contributed by atoms with E-state index in [9.17, 15) is 31.1 Å². The van der Waals surface area contributed by atoms with Crippen LogP contribution in [0.2, 0.25) is 0 Å². The van der Waals surface area contributed by atoms with Crippen LogP contribution in [0.4, 0.5) is 31.1 Å². The van der Waals surface area contributed by atoms with Gasteiger partial charge >= 0.3 is 18.6 Å². The highest BCUT2D eigenvalue weighted by atomic mass is 32.2. The van der Waals surface area contributed by atoms with Gasteiger partial charge in [-0.2, -0.15) is 13.2 Å². The number of rotatable bonds is 10. The van der Waals surface area contributed by atoms with Crippen LogP contribution in [0, 0.1) is 0 Å². The standard InChI is InChI=1S/C30H37F6NO5S/c1-26(2,3)42-25(38)37-28(18-39-27(4,5)40-19-28)15-14-21-10-13-24(23(17-21)29(31,32)33)43-16-6-7-20-8-11-22(12-9-20)41-30(34,35)36/h8-13,17H,6-7,14-16,18-19H2,1-5H3,(H,37,38). The molecule has 0 saturated carbocycles. The van der Waals surface area contributed by atoms with E-state index in [4.69, 9.17) is 14.2 Å². The van der Waals surface area contributed by atoms with Crippen LogP contribution < -0.4 is 10.1 Å². The zero-order chi connectivity index (χ0) is 32.1. The molecule has 2 aromatic rings. The highest BCUT2D eigenvalue weighted by Crippen LogP contribution is 2.38. The van der Waals surface area contributed by atoms with Gasteiger partial charge in [0.25, 0.3) is 0 Å². The molecule has 0 aromatic heterocycles. The minimum atomic E-state index is -4.78. The number of hydrogen-bond acceptors (Lipinski definition) is 6. The molecule has 1 aliphatic heterocycles. The van der Waals surface area contributed by atoms with Crippen LogP contribution in [0.3, 0.4) is 0 Å². The predicted octanol–water partition coefficient (Wildman–Crippen LogP) is 8.31. The number of benzene rings is 2. The zero-order valence-electron chi connectivity index (χ0n) is 24.7. The van der Waals surface area contributed by atoms with Crippen molar-refractivity contribution in [2.45, 2.75) is 94.7 Å². The van der Waals surface area contributed by atoms with E-state index in [1.54, 1.807) is 40.7 Å². The lowest BCUT2D eigenvalue weighted by molar-refractivity contribution is -0.274. The summed E-state index contributed by atoms with van der Waals surface area (Å²) in [5.41, 5.74) is -1.31. The Morgan fingerprint density at radius 2 is 1.53 bits per heavy atom. The van der Waals surface area contributed by atoms with Crippen LogP contribution in [0.25, 0.3) is 0 Å². The second-order valence-corrected chi connectivity index (χ2v) is 13.0. The Labute approximate surface area is 251 Å². The minimum absolute atomic E-state index is 0.0813. The third-order valence-electron chi connectivity index (χ3n) is 6.42. The van der Waals surface area contributed by atoms with Crippen molar-refractivity contribution in [1.29, 1.82) is 0 Å². The summed E-state index contributed by atoms with van der Waals surface area (Å²) in [7, 11) is 0. The van der Waals surface area contributed by atoms with Gasteiger partial charge in [-0.3, -0.25) is 0 Å². The van der Waals surface area contributed by atoms with Crippen LogP contribution in [0.5, 0.6) is 5.75 Å². The molecule has 3 rings (SSSR count). The molecule has 1 saturated heterocycles. The smallest absolute Gasteiger partial charge is 0.444 e. The Bertz CT molecular complexity index is 1220. The maximum Gasteiger partial charge on any atom is 0.573 e. The summed E-state index contributed by atoms with van der Waals surface area (Å²) in [5.74, 6) is -0.831. The van der Waals surface area contributed by atoms with Gasteiger partial charge in [0.05, 0.1) is 24.3 Å². The highest BCUT2D eigenvalue weighted by Gasteiger charge is 2.42. The van der Waals surface area contributed by atoms with Crippen molar-refractivity contribution in [3.05, 3.63) is 59.2 Å². The van der Waals surface area contributed by atoms with Crippen molar-refractivity contribution < 1.29 is 50.1 Å². The van der Waals surface area contributed by atoms with E-state index in [0.29, 0.717) is 24.2 Å². The zero-order valence-corrected chi connectivity index (χ0v) is 25.5. The van der Waals surface area contributed by atoms with Gasteiger partial charge in [0.1, 0.15) is 11.4 Å². The van der Waals surface area contributed by atoms with Crippen molar-refractivity contribution in [2.75, 3.05) is 19.0 Å². The van der Waals surface area contributed by atoms with E-state index in [2.05, 4.69) is 10.1 Å². The lowest BCUT2D eigenvalue weighted by Gasteiger charge is -2.44. The summed E-state index contributed by atoms with van der Waals surface area (Å²) in [6.07, 6.45) is -8.58. The first-order valence-corrected chi connectivity index (χ1v) is 14.7. The van der Waals surface area contributed by atoms with E-state index in [1.165, 1.54) is 30.3 Å². The van der Waals surface area contributed by atoms with Crippen molar-refractivity contribution >= 4 is 17.9 Å². The van der Waals surface area contributed by atoms with Crippen molar-refractivity contribution in [2.24, 2.45) is 0 Å². The number of carbonyl (C=O) groups is 1. The number of ether oxygens (including phenoxy) is 4. The molecule has 0 unspecified atom stereocenters. The average molecular weight is 638 g/mol. The summed E-state index contributed by atoms with van der Waals surface area (Å²) in [6.45, 7) is 8.84. The van der Waals surface area contributed by atoms with Gasteiger partial charge in [-0.15, -0.1) is 24.9 Å². The number of amides is 1. The number of carbonyl (C=O) groups excluding carboxylic acids is 1. The SMILES string of the molecule is CC(C)(C)OC(=O)NC1(CCc2ccc(SCCCc3ccc(OC(F)(F)F)cc3)c(C(F)(F)F)c2)COC(C)(C)OC1. The highest BCUT2D eigenvalue weighted by molar-refractivity contribution is 7.99. The van der Waals surface area contributed by atoms with Gasteiger partial charge in [-0.1, -0.05) is 18.2 Å². The molecule has 6 nitrogen and oxygen atoms in total. The molecule has 1 aliphatic rings. The molecular formula is C30H37F6NO5S. The van der Waals surface area contributed by atoms with Gasteiger partial charge in [-0.25, -0.2) is 4.79 Å². The molecule has 43 heavy (non-hydrogen) atoms. The fraction of sp³-hybridized carbons (Fsp3) is 0.567. The molecule has 1 N–H and O–H groups in total. The molecule has 1 amide bonds. The molecule has 13 heteroatoms. The molecule has 1 heterocycles. The van der Waals surface area contributed by atoms with E-state index in [0.717, 1.165) is 23.4 Å². The van der Waals surface area contributed by atoms with E-state index < -0.39 is 41.1 Å². The molecule has 2 aromatic carbocycles. The number of thioether (sulfide) groups is 1. The first-order valence-electron chi connectivity index (χ1n) is 13.7. The van der Waals surface area contributed by atoms with Crippen LogP contribution in [-0.2, 0) is 33.2 Å². The number of halogens is 6. The summed E-state index contributed by atoms with van der Waals surface area (Å²) in [4.78, 5) is 12.7. The predicted molar refractivity (Wildman–Crippen MR) is 150 cm³/mol. The van der Waals surface area contributed by atoms with Crippen molar-refractivity contribution in [3.63, 3.8) is 0 Å². The fourth-order valence-corrected chi connectivity index (χ4v) is 5.29. The normalized spacial score (nSPS) is 16.9. The Balaban J connectivity index is 1.64. The molecule has 0 aliphatic carbocycles. The third-order valence-corrected chi connectivity index (χ3v) is 7.58. The lowest BCUT2D eigenvalue weighted by Crippen LogP contribution is -2.61. The second-order valence-electron chi connectivity index (χ2n) is 11.9. The first-order chi connectivity index (χ1) is 19.7. The van der Waals surface area contributed by atoms with E-state index >= 15 is 0 Å². The third kappa shape index (κ3) is 11.8. The number of nitrogens with one attached hydrogen (secondary N) is 1. The number of alkyl halides is 6.